The number of carbonyl (C=O) groups is 1. The van der Waals surface area contributed by atoms with Gasteiger partial charge in [0.25, 0.3) is 0 Å². The molecule has 0 aliphatic heterocycles. The highest BCUT2D eigenvalue weighted by molar-refractivity contribution is 6.35. The first-order chi connectivity index (χ1) is 11.6. The van der Waals surface area contributed by atoms with Crippen molar-refractivity contribution in [3.05, 3.63) is 76.5 Å². The minimum absolute atomic E-state index is 0.149. The summed E-state index contributed by atoms with van der Waals surface area (Å²) in [4.78, 5) is 20.7. The molecule has 0 radical (unpaired) electrons. The van der Waals surface area contributed by atoms with Crippen LogP contribution >= 0.6 is 23.2 Å². The van der Waals surface area contributed by atoms with E-state index in [2.05, 4.69) is 15.3 Å². The number of nitrogens with zero attached hydrogens (tertiary/aromatic N) is 2. The summed E-state index contributed by atoms with van der Waals surface area (Å²) in [5, 5.41) is 3.76. The zero-order chi connectivity index (χ0) is 16.9. The van der Waals surface area contributed by atoms with Gasteiger partial charge in [-0.1, -0.05) is 59.6 Å². The zero-order valence-electron chi connectivity index (χ0n) is 12.5. The van der Waals surface area contributed by atoms with Gasteiger partial charge in [-0.15, -0.1) is 0 Å². The molecule has 1 amide bonds. The smallest absolute Gasteiger partial charge is 0.228 e. The van der Waals surface area contributed by atoms with E-state index in [9.17, 15) is 4.79 Å². The van der Waals surface area contributed by atoms with Crippen LogP contribution in [0.1, 0.15) is 5.56 Å². The van der Waals surface area contributed by atoms with Crippen molar-refractivity contribution in [2.75, 3.05) is 5.32 Å². The van der Waals surface area contributed by atoms with E-state index in [4.69, 9.17) is 23.2 Å². The fourth-order valence-corrected chi connectivity index (χ4v) is 2.65. The minimum atomic E-state index is -0.199. The van der Waals surface area contributed by atoms with Crippen LogP contribution in [0.15, 0.2) is 60.9 Å². The first-order valence-electron chi connectivity index (χ1n) is 7.23. The third-order valence-electron chi connectivity index (χ3n) is 3.33. The lowest BCUT2D eigenvalue weighted by Crippen LogP contribution is -2.15. The number of hydrogen-bond donors (Lipinski definition) is 1. The fraction of sp³-hybridized carbons (Fsp3) is 0.0556. The number of amides is 1. The Morgan fingerprint density at radius 2 is 1.71 bits per heavy atom. The lowest BCUT2D eigenvalue weighted by molar-refractivity contribution is -0.115. The van der Waals surface area contributed by atoms with Crippen molar-refractivity contribution < 1.29 is 4.79 Å². The molecule has 1 heterocycles. The van der Waals surface area contributed by atoms with Crippen molar-refractivity contribution in [2.45, 2.75) is 6.42 Å². The lowest BCUT2D eigenvalue weighted by Gasteiger charge is -2.07. The Kier molecular flexibility index (Phi) is 5.08. The van der Waals surface area contributed by atoms with E-state index in [0.29, 0.717) is 27.1 Å². The number of hydrogen-bond acceptors (Lipinski definition) is 3. The maximum atomic E-state index is 12.1. The summed E-state index contributed by atoms with van der Waals surface area (Å²) in [5.41, 5.74) is 2.16. The predicted octanol–water partition coefficient (Wildman–Crippen LogP) is 4.63. The Bertz CT molecular complexity index is 852. The van der Waals surface area contributed by atoms with Crippen LogP contribution in [0.5, 0.6) is 0 Å². The van der Waals surface area contributed by atoms with Crippen molar-refractivity contribution in [1.29, 1.82) is 0 Å². The summed E-state index contributed by atoms with van der Waals surface area (Å²) in [6.45, 7) is 0. The highest BCUT2D eigenvalue weighted by Crippen LogP contribution is 2.22. The molecule has 0 saturated carbocycles. The van der Waals surface area contributed by atoms with E-state index < -0.39 is 0 Å². The van der Waals surface area contributed by atoms with Crippen molar-refractivity contribution >= 4 is 34.8 Å². The van der Waals surface area contributed by atoms with Crippen molar-refractivity contribution in [3.63, 3.8) is 0 Å². The molecule has 4 nitrogen and oxygen atoms in total. The van der Waals surface area contributed by atoms with Gasteiger partial charge >= 0.3 is 0 Å². The summed E-state index contributed by atoms with van der Waals surface area (Å²) in [6.07, 6.45) is 3.31. The zero-order valence-corrected chi connectivity index (χ0v) is 14.1. The van der Waals surface area contributed by atoms with Gasteiger partial charge < -0.3 is 5.32 Å². The molecule has 24 heavy (non-hydrogen) atoms. The molecular formula is C18H13Cl2N3O. The SMILES string of the molecule is O=C(Cc1ccc(Cl)cc1Cl)Nc1cnc(-c2ccccc2)nc1. The highest BCUT2D eigenvalue weighted by atomic mass is 35.5. The van der Waals surface area contributed by atoms with Gasteiger partial charge in [-0.05, 0) is 17.7 Å². The van der Waals surface area contributed by atoms with Crippen LogP contribution in [0, 0.1) is 0 Å². The Labute approximate surface area is 149 Å². The maximum Gasteiger partial charge on any atom is 0.228 e. The highest BCUT2D eigenvalue weighted by Gasteiger charge is 2.09. The first kappa shape index (κ1) is 16.4. The Balaban J connectivity index is 1.66. The summed E-state index contributed by atoms with van der Waals surface area (Å²) >= 11 is 11.9. The van der Waals surface area contributed by atoms with Gasteiger partial charge in [-0.2, -0.15) is 0 Å². The Morgan fingerprint density at radius 1 is 1.00 bits per heavy atom. The molecule has 0 bridgehead atoms. The molecule has 0 atom stereocenters. The second-order valence-electron chi connectivity index (χ2n) is 5.12. The van der Waals surface area contributed by atoms with Gasteiger partial charge in [0.2, 0.25) is 5.91 Å². The first-order valence-corrected chi connectivity index (χ1v) is 7.98. The molecule has 6 heteroatoms. The van der Waals surface area contributed by atoms with Crippen LogP contribution in [-0.2, 0) is 11.2 Å². The number of benzene rings is 2. The van der Waals surface area contributed by atoms with E-state index in [-0.39, 0.29) is 12.3 Å². The van der Waals surface area contributed by atoms with E-state index in [1.54, 1.807) is 30.6 Å². The predicted molar refractivity (Wildman–Crippen MR) is 96.3 cm³/mol. The third-order valence-corrected chi connectivity index (χ3v) is 3.92. The second-order valence-corrected chi connectivity index (χ2v) is 5.97. The number of rotatable bonds is 4. The molecule has 1 N–H and O–H groups in total. The molecule has 0 aliphatic carbocycles. The lowest BCUT2D eigenvalue weighted by atomic mass is 10.1. The van der Waals surface area contributed by atoms with E-state index in [1.165, 1.54) is 0 Å². The molecule has 3 rings (SSSR count). The maximum absolute atomic E-state index is 12.1. The van der Waals surface area contributed by atoms with Crippen LogP contribution in [0.2, 0.25) is 10.0 Å². The number of halogens is 2. The molecule has 1 aromatic heterocycles. The molecule has 0 aliphatic rings. The van der Waals surface area contributed by atoms with Gasteiger partial charge in [0.1, 0.15) is 0 Å². The molecule has 0 spiro atoms. The van der Waals surface area contributed by atoms with Gasteiger partial charge in [-0.3, -0.25) is 4.79 Å². The summed E-state index contributed by atoms with van der Waals surface area (Å²) in [5.74, 6) is 0.407. The standard InChI is InChI=1S/C18H13Cl2N3O/c19-14-7-6-13(16(20)9-14)8-17(24)23-15-10-21-18(22-11-15)12-4-2-1-3-5-12/h1-7,9-11H,8H2,(H,23,24). The average Bonchev–Trinajstić information content (AvgIpc) is 2.59. The van der Waals surface area contributed by atoms with Gasteiger partial charge in [-0.25, -0.2) is 9.97 Å². The molecule has 2 aromatic carbocycles. The third kappa shape index (κ3) is 4.10. The molecule has 0 unspecified atom stereocenters. The Hall–Kier alpha value is -2.43. The monoisotopic (exact) mass is 357 g/mol. The molecule has 3 aromatic rings. The van der Waals surface area contributed by atoms with Gasteiger partial charge in [0.15, 0.2) is 5.82 Å². The molecular weight excluding hydrogens is 345 g/mol. The van der Waals surface area contributed by atoms with E-state index >= 15 is 0 Å². The Morgan fingerprint density at radius 3 is 2.38 bits per heavy atom. The molecule has 120 valence electrons. The number of nitrogens with one attached hydrogen (secondary N) is 1. The van der Waals surface area contributed by atoms with E-state index in [0.717, 1.165) is 5.56 Å². The van der Waals surface area contributed by atoms with Crippen LogP contribution < -0.4 is 5.32 Å². The summed E-state index contributed by atoms with van der Waals surface area (Å²) in [7, 11) is 0. The van der Waals surface area contributed by atoms with Crippen LogP contribution in [0.25, 0.3) is 11.4 Å². The van der Waals surface area contributed by atoms with Gasteiger partial charge in [0, 0.05) is 15.6 Å². The van der Waals surface area contributed by atoms with Crippen LogP contribution in [-0.4, -0.2) is 15.9 Å². The molecule has 0 saturated heterocycles. The fourth-order valence-electron chi connectivity index (χ4n) is 2.17. The number of carbonyl (C=O) groups excluding carboxylic acids is 1. The van der Waals surface area contributed by atoms with Crippen molar-refractivity contribution in [1.82, 2.24) is 9.97 Å². The van der Waals surface area contributed by atoms with Crippen molar-refractivity contribution in [2.24, 2.45) is 0 Å². The normalized spacial score (nSPS) is 10.4. The minimum Gasteiger partial charge on any atom is -0.323 e. The molecule has 0 fully saturated rings. The quantitative estimate of drug-likeness (QED) is 0.740. The summed E-state index contributed by atoms with van der Waals surface area (Å²) < 4.78 is 0. The van der Waals surface area contributed by atoms with Crippen LogP contribution in [0.3, 0.4) is 0 Å². The van der Waals surface area contributed by atoms with Crippen molar-refractivity contribution in [3.8, 4) is 11.4 Å². The largest absolute Gasteiger partial charge is 0.323 e. The number of anilines is 1. The van der Waals surface area contributed by atoms with Gasteiger partial charge in [0.05, 0.1) is 24.5 Å². The van der Waals surface area contributed by atoms with E-state index in [1.807, 2.05) is 30.3 Å². The summed E-state index contributed by atoms with van der Waals surface area (Å²) in [6, 6.07) is 14.7. The topological polar surface area (TPSA) is 54.9 Å². The second kappa shape index (κ2) is 7.43. The average molecular weight is 358 g/mol. The van der Waals surface area contributed by atoms with Crippen LogP contribution in [0.4, 0.5) is 5.69 Å². The number of aromatic nitrogens is 2.